The Balaban J connectivity index is 1.47. The Morgan fingerprint density at radius 2 is 2.25 bits per heavy atom. The van der Waals surface area contributed by atoms with E-state index in [1.54, 1.807) is 7.11 Å². The van der Waals surface area contributed by atoms with Crippen LogP contribution in [0.3, 0.4) is 0 Å². The van der Waals surface area contributed by atoms with Gasteiger partial charge < -0.3 is 19.4 Å². The van der Waals surface area contributed by atoms with Crippen LogP contribution < -0.4 is 14.8 Å². The van der Waals surface area contributed by atoms with E-state index in [4.69, 9.17) is 9.47 Å². The Labute approximate surface area is 142 Å². The molecule has 0 fully saturated rings. The molecule has 0 aliphatic carbocycles. The first kappa shape index (κ1) is 15.4. The summed E-state index contributed by atoms with van der Waals surface area (Å²) in [6, 6.07) is 4.67. The van der Waals surface area contributed by atoms with Crippen molar-refractivity contribution >= 4 is 0 Å². The molecule has 0 radical (unpaired) electrons. The third-order valence-electron chi connectivity index (χ3n) is 5.01. The number of nitrogens with one attached hydrogen (secondary N) is 1. The van der Waals surface area contributed by atoms with E-state index in [0.717, 1.165) is 61.1 Å². The van der Waals surface area contributed by atoms with Crippen LogP contribution in [0.4, 0.5) is 0 Å². The highest BCUT2D eigenvalue weighted by atomic mass is 16.5. The second kappa shape index (κ2) is 6.09. The summed E-state index contributed by atoms with van der Waals surface area (Å²) in [5.41, 5.74) is 2.39. The standard InChI is InChI=1S/C18H24N4O2/c1-11-6-13-7-16(23-3)14(8-17(13)24-11)9-19-15-4-5-18-21-20-12(2)22(18)10-15/h7-8,11,15,19H,4-6,9-10H2,1-3H3/t11-,15-/m0/s1. The molecule has 2 aliphatic rings. The van der Waals surface area contributed by atoms with Gasteiger partial charge >= 0.3 is 0 Å². The predicted molar refractivity (Wildman–Crippen MR) is 90.5 cm³/mol. The van der Waals surface area contributed by atoms with E-state index in [9.17, 15) is 0 Å². The van der Waals surface area contributed by atoms with Gasteiger partial charge in [0.15, 0.2) is 0 Å². The summed E-state index contributed by atoms with van der Waals surface area (Å²) < 4.78 is 13.7. The number of aryl methyl sites for hydroxylation is 2. The molecule has 0 spiro atoms. The van der Waals surface area contributed by atoms with Gasteiger partial charge in [-0.05, 0) is 32.4 Å². The first-order chi connectivity index (χ1) is 11.6. The minimum Gasteiger partial charge on any atom is -0.496 e. The van der Waals surface area contributed by atoms with Crippen molar-refractivity contribution in [3.8, 4) is 11.5 Å². The molecule has 1 N–H and O–H groups in total. The Kier molecular flexibility index (Phi) is 3.92. The second-order valence-electron chi connectivity index (χ2n) is 6.79. The monoisotopic (exact) mass is 328 g/mol. The van der Waals surface area contributed by atoms with Crippen molar-refractivity contribution < 1.29 is 9.47 Å². The van der Waals surface area contributed by atoms with Gasteiger partial charge in [-0.2, -0.15) is 0 Å². The predicted octanol–water partition coefficient (Wildman–Crippen LogP) is 2.02. The summed E-state index contributed by atoms with van der Waals surface area (Å²) in [6.07, 6.45) is 3.26. The number of nitrogens with zero attached hydrogens (tertiary/aromatic N) is 3. The smallest absolute Gasteiger partial charge is 0.133 e. The first-order valence-electron chi connectivity index (χ1n) is 8.62. The molecule has 6 heteroatoms. The van der Waals surface area contributed by atoms with Crippen molar-refractivity contribution in [3.63, 3.8) is 0 Å². The van der Waals surface area contributed by atoms with Gasteiger partial charge in [0, 0.05) is 43.1 Å². The van der Waals surface area contributed by atoms with Crippen LogP contribution in [-0.2, 0) is 25.9 Å². The lowest BCUT2D eigenvalue weighted by Crippen LogP contribution is -2.37. The van der Waals surface area contributed by atoms with Crippen molar-refractivity contribution in [1.29, 1.82) is 0 Å². The maximum atomic E-state index is 5.89. The largest absolute Gasteiger partial charge is 0.496 e. The molecular formula is C18H24N4O2. The van der Waals surface area contributed by atoms with E-state index >= 15 is 0 Å². The van der Waals surface area contributed by atoms with E-state index < -0.39 is 0 Å². The molecule has 2 atom stereocenters. The van der Waals surface area contributed by atoms with Crippen LogP contribution in [0.25, 0.3) is 0 Å². The average Bonchev–Trinajstić information content (AvgIpc) is 3.13. The summed E-state index contributed by atoms with van der Waals surface area (Å²) in [7, 11) is 1.73. The molecule has 0 saturated carbocycles. The number of fused-ring (bicyclic) bond motifs is 2. The van der Waals surface area contributed by atoms with Crippen molar-refractivity contribution in [2.75, 3.05) is 7.11 Å². The van der Waals surface area contributed by atoms with E-state index in [-0.39, 0.29) is 6.10 Å². The molecule has 0 unspecified atom stereocenters. The maximum absolute atomic E-state index is 5.89. The summed E-state index contributed by atoms with van der Waals surface area (Å²) in [4.78, 5) is 0. The van der Waals surface area contributed by atoms with E-state index in [1.807, 2.05) is 6.92 Å². The van der Waals surface area contributed by atoms with Crippen molar-refractivity contribution in [1.82, 2.24) is 20.1 Å². The zero-order chi connectivity index (χ0) is 16.7. The van der Waals surface area contributed by atoms with Crippen LogP contribution in [0.15, 0.2) is 12.1 Å². The highest BCUT2D eigenvalue weighted by molar-refractivity contribution is 5.48. The Morgan fingerprint density at radius 3 is 3.08 bits per heavy atom. The van der Waals surface area contributed by atoms with Gasteiger partial charge in [-0.15, -0.1) is 10.2 Å². The summed E-state index contributed by atoms with van der Waals surface area (Å²) in [5.74, 6) is 4.04. The van der Waals surface area contributed by atoms with Crippen molar-refractivity contribution in [2.45, 2.75) is 58.3 Å². The minimum absolute atomic E-state index is 0.251. The highest BCUT2D eigenvalue weighted by Crippen LogP contribution is 2.35. The van der Waals surface area contributed by atoms with E-state index in [0.29, 0.717) is 6.04 Å². The average molecular weight is 328 g/mol. The fourth-order valence-corrected chi connectivity index (χ4v) is 3.69. The van der Waals surface area contributed by atoms with Gasteiger partial charge in [0.25, 0.3) is 0 Å². The number of aromatic nitrogens is 3. The molecule has 2 aromatic rings. The second-order valence-corrected chi connectivity index (χ2v) is 6.79. The highest BCUT2D eigenvalue weighted by Gasteiger charge is 2.24. The van der Waals surface area contributed by atoms with Crippen LogP contribution in [-0.4, -0.2) is 34.0 Å². The minimum atomic E-state index is 0.251. The Morgan fingerprint density at radius 1 is 1.38 bits per heavy atom. The van der Waals surface area contributed by atoms with Gasteiger partial charge in [-0.1, -0.05) is 0 Å². The number of benzene rings is 1. The lowest BCUT2D eigenvalue weighted by molar-refractivity contribution is 0.254. The Hall–Kier alpha value is -2.08. The van der Waals surface area contributed by atoms with Crippen LogP contribution in [0.1, 0.15) is 36.1 Å². The molecule has 128 valence electrons. The number of methoxy groups -OCH3 is 1. The SMILES string of the molecule is COc1cc2c(cc1CN[C@H]1CCc3nnc(C)n3C1)O[C@@H](C)C2. The molecule has 1 aromatic carbocycles. The molecule has 1 aromatic heterocycles. The molecular weight excluding hydrogens is 304 g/mol. The first-order valence-corrected chi connectivity index (χ1v) is 8.62. The molecule has 4 rings (SSSR count). The zero-order valence-corrected chi connectivity index (χ0v) is 14.5. The van der Waals surface area contributed by atoms with Crippen molar-refractivity contribution in [3.05, 3.63) is 34.9 Å². The number of rotatable bonds is 4. The third kappa shape index (κ3) is 2.75. The molecule has 0 bridgehead atoms. The molecule has 0 saturated heterocycles. The molecule has 2 aliphatic heterocycles. The van der Waals surface area contributed by atoms with Crippen LogP contribution in [0.5, 0.6) is 11.5 Å². The molecule has 3 heterocycles. The summed E-state index contributed by atoms with van der Waals surface area (Å²) >= 11 is 0. The van der Waals surface area contributed by atoms with Crippen LogP contribution in [0, 0.1) is 6.92 Å². The normalized spacial score (nSPS) is 22.0. The van der Waals surface area contributed by atoms with Gasteiger partial charge in [0.2, 0.25) is 0 Å². The fraction of sp³-hybridized carbons (Fsp3) is 0.556. The molecule has 0 amide bonds. The lowest BCUT2D eigenvalue weighted by atomic mass is 10.0. The lowest BCUT2D eigenvalue weighted by Gasteiger charge is -2.25. The van der Waals surface area contributed by atoms with Gasteiger partial charge in [0.05, 0.1) is 7.11 Å². The zero-order valence-electron chi connectivity index (χ0n) is 14.5. The van der Waals surface area contributed by atoms with Gasteiger partial charge in [-0.3, -0.25) is 0 Å². The third-order valence-corrected chi connectivity index (χ3v) is 5.01. The van der Waals surface area contributed by atoms with Crippen LogP contribution >= 0.6 is 0 Å². The number of hydrogen-bond donors (Lipinski definition) is 1. The molecule has 6 nitrogen and oxygen atoms in total. The topological polar surface area (TPSA) is 61.2 Å². The molecule has 24 heavy (non-hydrogen) atoms. The van der Waals surface area contributed by atoms with Gasteiger partial charge in [0.1, 0.15) is 29.3 Å². The van der Waals surface area contributed by atoms with Crippen LogP contribution in [0.2, 0.25) is 0 Å². The summed E-state index contributed by atoms with van der Waals surface area (Å²) in [6.45, 7) is 5.82. The quantitative estimate of drug-likeness (QED) is 0.930. The van der Waals surface area contributed by atoms with E-state index in [2.05, 4.69) is 39.1 Å². The number of hydrogen-bond acceptors (Lipinski definition) is 5. The summed E-state index contributed by atoms with van der Waals surface area (Å²) in [5, 5.41) is 12.1. The number of ether oxygens (including phenoxy) is 2. The maximum Gasteiger partial charge on any atom is 0.133 e. The van der Waals surface area contributed by atoms with Crippen molar-refractivity contribution in [2.24, 2.45) is 0 Å². The van der Waals surface area contributed by atoms with Gasteiger partial charge in [-0.25, -0.2) is 0 Å². The fourth-order valence-electron chi connectivity index (χ4n) is 3.69. The van der Waals surface area contributed by atoms with E-state index in [1.165, 1.54) is 5.56 Å². The Bertz CT molecular complexity index is 756.